The Hall–Kier alpha value is -2.08. The third-order valence-corrected chi connectivity index (χ3v) is 7.34. The summed E-state index contributed by atoms with van der Waals surface area (Å²) in [5.74, 6) is 0.770. The number of halogens is 1. The maximum absolute atomic E-state index is 12.7. The number of piperidine rings is 1. The number of aromatic nitrogens is 7. The van der Waals surface area contributed by atoms with Gasteiger partial charge in [0.2, 0.25) is 5.95 Å². The lowest BCUT2D eigenvalue weighted by molar-refractivity contribution is 0.531. The van der Waals surface area contributed by atoms with Crippen LogP contribution in [0.4, 0.5) is 5.95 Å². The van der Waals surface area contributed by atoms with Crippen molar-refractivity contribution in [2.75, 3.05) is 18.0 Å². The predicted octanol–water partition coefficient (Wildman–Crippen LogP) is 0.952. The second kappa shape index (κ2) is 7.01. The van der Waals surface area contributed by atoms with Crippen molar-refractivity contribution in [3.63, 3.8) is 0 Å². The SMILES string of the molecule is Cn1c(=O)c2c(nc3n2CC(Cn2nc(N4CCCCC4)nc2Br)S3)n(C)c1=O. The molecule has 0 bridgehead atoms. The van der Waals surface area contributed by atoms with Crippen LogP contribution in [-0.4, -0.2) is 51.8 Å². The number of aryl methyl sites for hydroxylation is 1. The summed E-state index contributed by atoms with van der Waals surface area (Å²) in [6.07, 6.45) is 3.62. The topological polar surface area (TPSA) is 95.8 Å². The molecule has 0 spiro atoms. The van der Waals surface area contributed by atoms with E-state index in [1.807, 2.05) is 9.25 Å². The van der Waals surface area contributed by atoms with Crippen molar-refractivity contribution in [3.05, 3.63) is 25.6 Å². The van der Waals surface area contributed by atoms with Crippen LogP contribution in [-0.2, 0) is 27.2 Å². The van der Waals surface area contributed by atoms with Crippen molar-refractivity contribution in [2.45, 2.75) is 42.8 Å². The van der Waals surface area contributed by atoms with E-state index in [0.717, 1.165) is 28.8 Å². The molecule has 5 rings (SSSR count). The number of hydrogen-bond acceptors (Lipinski definition) is 7. The zero-order valence-electron chi connectivity index (χ0n) is 16.2. The van der Waals surface area contributed by atoms with Crippen molar-refractivity contribution < 1.29 is 0 Å². The molecule has 1 saturated heterocycles. The molecule has 3 aromatic rings. The normalized spacial score (nSPS) is 19.3. The number of hydrogen-bond donors (Lipinski definition) is 0. The van der Waals surface area contributed by atoms with Crippen LogP contribution >= 0.6 is 27.7 Å². The van der Waals surface area contributed by atoms with Crippen molar-refractivity contribution in [2.24, 2.45) is 14.1 Å². The molecule has 29 heavy (non-hydrogen) atoms. The molecule has 5 heterocycles. The van der Waals surface area contributed by atoms with Crippen LogP contribution in [0.3, 0.4) is 0 Å². The van der Waals surface area contributed by atoms with Gasteiger partial charge in [0, 0.05) is 33.7 Å². The Morgan fingerprint density at radius 1 is 1.10 bits per heavy atom. The summed E-state index contributed by atoms with van der Waals surface area (Å²) in [4.78, 5) is 36.2. The van der Waals surface area contributed by atoms with E-state index in [2.05, 4.69) is 30.8 Å². The van der Waals surface area contributed by atoms with Crippen LogP contribution in [0.1, 0.15) is 19.3 Å². The molecular weight excluding hydrogens is 460 g/mol. The van der Waals surface area contributed by atoms with Crippen LogP contribution in [0.25, 0.3) is 11.2 Å². The Labute approximate surface area is 178 Å². The molecule has 1 atom stereocenters. The van der Waals surface area contributed by atoms with Gasteiger partial charge in [0.15, 0.2) is 21.1 Å². The summed E-state index contributed by atoms with van der Waals surface area (Å²) in [5.41, 5.74) is 0.245. The lowest BCUT2D eigenvalue weighted by Gasteiger charge is -2.25. The molecule has 0 aliphatic carbocycles. The van der Waals surface area contributed by atoms with Crippen molar-refractivity contribution >= 4 is 44.8 Å². The molecule has 2 aliphatic heterocycles. The lowest BCUT2D eigenvalue weighted by Crippen LogP contribution is -2.37. The molecule has 0 radical (unpaired) electrons. The molecular formula is C17H21BrN8O2S. The van der Waals surface area contributed by atoms with E-state index in [4.69, 9.17) is 5.10 Å². The third-order valence-electron chi connectivity index (χ3n) is 5.60. The van der Waals surface area contributed by atoms with E-state index >= 15 is 0 Å². The quantitative estimate of drug-likeness (QED) is 0.550. The van der Waals surface area contributed by atoms with Crippen molar-refractivity contribution in [1.82, 2.24) is 33.4 Å². The molecule has 12 heteroatoms. The van der Waals surface area contributed by atoms with E-state index in [-0.39, 0.29) is 16.5 Å². The van der Waals surface area contributed by atoms with E-state index in [1.165, 1.54) is 30.9 Å². The summed E-state index contributed by atoms with van der Waals surface area (Å²) < 4.78 is 7.07. The number of nitrogens with zero attached hydrogens (tertiary/aromatic N) is 8. The highest BCUT2D eigenvalue weighted by molar-refractivity contribution is 9.10. The Balaban J connectivity index is 1.41. The minimum absolute atomic E-state index is 0.177. The van der Waals surface area contributed by atoms with Crippen LogP contribution in [0.5, 0.6) is 0 Å². The van der Waals surface area contributed by atoms with Crippen molar-refractivity contribution in [3.8, 4) is 0 Å². The second-order valence-corrected chi connectivity index (χ2v) is 9.51. The lowest BCUT2D eigenvalue weighted by atomic mass is 10.1. The van der Waals surface area contributed by atoms with E-state index in [0.29, 0.717) is 29.0 Å². The maximum atomic E-state index is 12.7. The summed E-state index contributed by atoms with van der Waals surface area (Å²) in [7, 11) is 3.14. The van der Waals surface area contributed by atoms with Crippen LogP contribution in [0, 0.1) is 0 Å². The summed E-state index contributed by atoms with van der Waals surface area (Å²) in [5, 5.41) is 5.63. The predicted molar refractivity (Wildman–Crippen MR) is 114 cm³/mol. The van der Waals surface area contributed by atoms with E-state index in [9.17, 15) is 9.59 Å². The van der Waals surface area contributed by atoms with Gasteiger partial charge in [-0.3, -0.25) is 13.9 Å². The molecule has 3 aromatic heterocycles. The Morgan fingerprint density at radius 3 is 2.62 bits per heavy atom. The number of imidazole rings is 1. The van der Waals surface area contributed by atoms with Gasteiger partial charge in [-0.15, -0.1) is 5.10 Å². The number of anilines is 1. The molecule has 10 nitrogen and oxygen atoms in total. The van der Waals surface area contributed by atoms with Gasteiger partial charge < -0.3 is 9.47 Å². The van der Waals surface area contributed by atoms with Crippen LogP contribution < -0.4 is 16.1 Å². The van der Waals surface area contributed by atoms with Gasteiger partial charge >= 0.3 is 5.69 Å². The average molecular weight is 481 g/mol. The minimum atomic E-state index is -0.363. The first-order valence-corrected chi connectivity index (χ1v) is 11.3. The smallest absolute Gasteiger partial charge is 0.332 e. The fourth-order valence-electron chi connectivity index (χ4n) is 4.02. The largest absolute Gasteiger partial charge is 0.340 e. The fraction of sp³-hybridized carbons (Fsp3) is 0.588. The highest BCUT2D eigenvalue weighted by Gasteiger charge is 2.30. The van der Waals surface area contributed by atoms with E-state index in [1.54, 1.807) is 18.8 Å². The highest BCUT2D eigenvalue weighted by atomic mass is 79.9. The van der Waals surface area contributed by atoms with Crippen LogP contribution in [0.15, 0.2) is 19.5 Å². The van der Waals surface area contributed by atoms with Crippen LogP contribution in [0.2, 0.25) is 0 Å². The van der Waals surface area contributed by atoms with Gasteiger partial charge in [-0.1, -0.05) is 11.8 Å². The molecule has 1 unspecified atom stereocenters. The second-order valence-electron chi connectivity index (χ2n) is 7.53. The summed E-state index contributed by atoms with van der Waals surface area (Å²) in [6, 6.07) is 0. The Morgan fingerprint density at radius 2 is 1.86 bits per heavy atom. The molecule has 2 aliphatic rings. The zero-order valence-corrected chi connectivity index (χ0v) is 18.6. The monoisotopic (exact) mass is 480 g/mol. The molecule has 0 saturated carbocycles. The molecule has 0 amide bonds. The van der Waals surface area contributed by atoms with Crippen molar-refractivity contribution in [1.29, 1.82) is 0 Å². The van der Waals surface area contributed by atoms with Gasteiger partial charge in [0.05, 0.1) is 11.8 Å². The molecule has 0 N–H and O–H groups in total. The molecule has 1 fully saturated rings. The number of rotatable bonds is 3. The Kier molecular flexibility index (Phi) is 4.57. The number of thioether (sulfide) groups is 1. The standard InChI is InChI=1S/C17H21BrN8O2S/c1-22-12-11(13(27)23(2)17(22)28)25-8-10(29-16(25)19-12)9-26-14(18)20-15(21-26)24-6-4-3-5-7-24/h10H,3-9H2,1-2H3. The van der Waals surface area contributed by atoms with E-state index < -0.39 is 0 Å². The van der Waals surface area contributed by atoms with Gasteiger partial charge in [-0.2, -0.15) is 4.98 Å². The molecule has 0 aromatic carbocycles. The van der Waals surface area contributed by atoms with Gasteiger partial charge in [-0.25, -0.2) is 14.5 Å². The number of fused-ring (bicyclic) bond motifs is 3. The summed E-state index contributed by atoms with van der Waals surface area (Å²) >= 11 is 5.14. The van der Waals surface area contributed by atoms with Gasteiger partial charge in [0.1, 0.15) is 0 Å². The van der Waals surface area contributed by atoms with Gasteiger partial charge in [-0.05, 0) is 35.2 Å². The third kappa shape index (κ3) is 3.03. The Bertz CT molecular complexity index is 1220. The first kappa shape index (κ1) is 18.9. The zero-order chi connectivity index (χ0) is 20.3. The fourth-order valence-corrected chi connectivity index (χ4v) is 5.57. The maximum Gasteiger partial charge on any atom is 0.332 e. The molecule has 154 valence electrons. The average Bonchev–Trinajstić information content (AvgIpc) is 3.38. The summed E-state index contributed by atoms with van der Waals surface area (Å²) in [6.45, 7) is 3.29. The van der Waals surface area contributed by atoms with Gasteiger partial charge in [0.25, 0.3) is 5.56 Å². The minimum Gasteiger partial charge on any atom is -0.340 e. The highest BCUT2D eigenvalue weighted by Crippen LogP contribution is 2.35. The first-order chi connectivity index (χ1) is 13.9. The first-order valence-electron chi connectivity index (χ1n) is 9.62.